The minimum Gasteiger partial charge on any atom is -0.480 e. The lowest BCUT2D eigenvalue weighted by Crippen LogP contribution is -2.63. The largest absolute Gasteiger partial charge is 0.480 e. The summed E-state index contributed by atoms with van der Waals surface area (Å²) in [6.45, 7) is 2.74. The van der Waals surface area contributed by atoms with Crippen LogP contribution in [-0.2, 0) is 37.1 Å². The third-order valence-corrected chi connectivity index (χ3v) is 9.90. The molecule has 0 spiro atoms. The number of carbonyl (C=O) groups excluding carboxylic acids is 3. The number of carboxylic acid groups (broad SMARTS) is 1. The molecule has 0 aliphatic carbocycles. The van der Waals surface area contributed by atoms with Crippen molar-refractivity contribution in [3.05, 3.63) is 90.5 Å². The van der Waals surface area contributed by atoms with E-state index in [1.54, 1.807) is 6.92 Å². The zero-order chi connectivity index (χ0) is 34.2. The average Bonchev–Trinajstić information content (AvgIpc) is 3.56. The molecule has 16 nitrogen and oxygen atoms in total. The summed E-state index contributed by atoms with van der Waals surface area (Å²) in [4.78, 5) is 75.2. The van der Waals surface area contributed by atoms with Crippen LogP contribution in [0.2, 0.25) is 0 Å². The van der Waals surface area contributed by atoms with Crippen molar-refractivity contribution >= 4 is 47.1 Å². The predicted octanol–water partition coefficient (Wildman–Crippen LogP) is 3.21. The molecule has 3 aliphatic heterocycles. The Morgan fingerprint density at radius 3 is 2.00 bits per heavy atom. The van der Waals surface area contributed by atoms with Crippen LogP contribution in [0.3, 0.4) is 0 Å². The highest BCUT2D eigenvalue weighted by Gasteiger charge is 2.60. The molecule has 2 aromatic carbocycles. The maximum atomic E-state index is 13.5. The first-order chi connectivity index (χ1) is 22.3. The summed E-state index contributed by atoms with van der Waals surface area (Å²) in [6, 6.07) is 8.99. The monoisotopic (exact) mass is 670 g/mol. The van der Waals surface area contributed by atoms with E-state index in [9.17, 15) is 49.6 Å². The first kappa shape index (κ1) is 33.3. The first-order valence-electron chi connectivity index (χ1n) is 14.5. The van der Waals surface area contributed by atoms with Gasteiger partial charge in [0.05, 0.1) is 27.9 Å². The number of benzene rings is 2. The number of aliphatic hydroxyl groups is 1. The van der Waals surface area contributed by atoms with Gasteiger partial charge in [-0.3, -0.25) is 29.9 Å². The number of likely N-dealkylation sites (tertiary alicyclic amines) is 1. The number of thioether (sulfide) groups is 1. The molecule has 47 heavy (non-hydrogen) atoms. The Balaban J connectivity index is 1.32. The van der Waals surface area contributed by atoms with Crippen LogP contribution in [0.25, 0.3) is 0 Å². The number of amides is 2. The summed E-state index contributed by atoms with van der Waals surface area (Å²) in [5, 5.41) is 41.5. The van der Waals surface area contributed by atoms with E-state index in [0.29, 0.717) is 16.0 Å². The Kier molecular flexibility index (Phi) is 9.48. The highest BCUT2D eigenvalue weighted by molar-refractivity contribution is 8.03. The molecule has 2 saturated heterocycles. The third-order valence-electron chi connectivity index (χ3n) is 8.40. The zero-order valence-electron chi connectivity index (χ0n) is 25.1. The fraction of sp³-hybridized carbons (Fsp3) is 0.400. The molecule has 6 atom stereocenters. The number of carboxylic acids is 1. The SMILES string of the molecule is C[C@@H](O)[C@H]1C(=O)N2C(C(=O)OCc3ccc([N+](=O)[O-])cc3)=C(S[C@H]3C[C@@H](C(=O)O)N(C(=O)OCc4ccc([N+](=O)[O-])cc4)C3)[C@H](C)[C@H]12. The number of aliphatic hydroxyl groups excluding tert-OH is 1. The molecule has 2 N–H and O–H groups in total. The quantitative estimate of drug-likeness (QED) is 0.152. The van der Waals surface area contributed by atoms with Gasteiger partial charge in [-0.15, -0.1) is 11.8 Å². The molecule has 2 amide bonds. The molecular weight excluding hydrogens is 640 g/mol. The number of ether oxygens (including phenoxy) is 2. The standard InChI is InChI=1S/C30H30N4O12S/c1-15-24-23(16(2)35)27(36)32(24)25(29(39)45-13-17-3-7-19(8-4-17)33(41)42)26(15)47-21-11-22(28(37)38)31(12-21)30(40)46-14-18-5-9-20(10-6-18)34(43)44/h3-10,15-16,21-24,35H,11-14H2,1-2H3,(H,37,38)/t15-,16-,21+,22+,23-,24-/m1/s1. The number of non-ortho nitro benzene ring substituents is 2. The van der Waals surface area contributed by atoms with Crippen LogP contribution in [0.4, 0.5) is 16.2 Å². The molecule has 0 bridgehead atoms. The lowest BCUT2D eigenvalue weighted by Gasteiger charge is -2.46. The van der Waals surface area contributed by atoms with Gasteiger partial charge in [-0.05, 0) is 48.7 Å². The van der Waals surface area contributed by atoms with Crippen LogP contribution >= 0.6 is 11.8 Å². The van der Waals surface area contributed by atoms with Gasteiger partial charge in [0.25, 0.3) is 11.4 Å². The van der Waals surface area contributed by atoms with Crippen molar-refractivity contribution in [3.8, 4) is 0 Å². The van der Waals surface area contributed by atoms with Gasteiger partial charge in [0.15, 0.2) is 0 Å². The van der Waals surface area contributed by atoms with Crippen molar-refractivity contribution in [2.24, 2.45) is 11.8 Å². The number of nitrogens with zero attached hydrogens (tertiary/aromatic N) is 4. The lowest BCUT2D eigenvalue weighted by molar-refractivity contribution is -0.385. The van der Waals surface area contributed by atoms with Crippen LogP contribution in [0.1, 0.15) is 31.4 Å². The number of hydrogen-bond acceptors (Lipinski definition) is 12. The maximum absolute atomic E-state index is 13.5. The Bertz CT molecular complexity index is 1640. The molecule has 2 fully saturated rings. The van der Waals surface area contributed by atoms with E-state index in [0.717, 1.165) is 16.7 Å². The van der Waals surface area contributed by atoms with E-state index in [1.165, 1.54) is 60.4 Å². The number of esters is 1. The smallest absolute Gasteiger partial charge is 0.410 e. The predicted molar refractivity (Wildman–Crippen MR) is 162 cm³/mol. The van der Waals surface area contributed by atoms with Gasteiger partial charge >= 0.3 is 18.0 Å². The molecule has 3 heterocycles. The van der Waals surface area contributed by atoms with Crippen LogP contribution in [0.5, 0.6) is 0 Å². The van der Waals surface area contributed by atoms with Crippen molar-refractivity contribution < 1.29 is 48.7 Å². The number of hydrogen-bond donors (Lipinski definition) is 2. The summed E-state index contributed by atoms with van der Waals surface area (Å²) >= 11 is 1.16. The van der Waals surface area contributed by atoms with Gasteiger partial charge in [-0.25, -0.2) is 14.4 Å². The summed E-state index contributed by atoms with van der Waals surface area (Å²) in [5.74, 6) is -3.73. The van der Waals surface area contributed by atoms with E-state index in [-0.39, 0.29) is 43.3 Å². The van der Waals surface area contributed by atoms with Crippen molar-refractivity contribution in [3.63, 3.8) is 0 Å². The second-order valence-corrected chi connectivity index (χ2v) is 12.8. The molecule has 0 radical (unpaired) electrons. The number of β-lactam (4-membered cyclic amide) rings is 1. The molecule has 2 aromatic rings. The molecule has 17 heteroatoms. The molecule has 3 aliphatic rings. The highest BCUT2D eigenvalue weighted by Crippen LogP contribution is 2.52. The molecule has 5 rings (SSSR count). The fourth-order valence-corrected chi connectivity index (χ4v) is 7.56. The van der Waals surface area contributed by atoms with Gasteiger partial charge < -0.3 is 24.6 Å². The normalized spacial score (nSPS) is 24.0. The number of fused-ring (bicyclic) bond motifs is 1. The number of aliphatic carboxylic acids is 1. The van der Waals surface area contributed by atoms with Gasteiger partial charge in [-0.1, -0.05) is 6.92 Å². The van der Waals surface area contributed by atoms with Crippen molar-refractivity contribution in [1.29, 1.82) is 0 Å². The average molecular weight is 671 g/mol. The van der Waals surface area contributed by atoms with E-state index in [4.69, 9.17) is 9.47 Å². The van der Waals surface area contributed by atoms with E-state index >= 15 is 0 Å². The van der Waals surface area contributed by atoms with Gasteiger partial charge in [0.1, 0.15) is 25.0 Å². The van der Waals surface area contributed by atoms with Gasteiger partial charge in [-0.2, -0.15) is 0 Å². The Hall–Kier alpha value is -5.03. The van der Waals surface area contributed by atoms with E-state index in [2.05, 4.69) is 0 Å². The number of nitro groups is 2. The Morgan fingerprint density at radius 1 is 0.979 bits per heavy atom. The number of nitro benzene ring substituents is 2. The zero-order valence-corrected chi connectivity index (χ0v) is 25.9. The first-order valence-corrected chi connectivity index (χ1v) is 15.4. The van der Waals surface area contributed by atoms with Crippen molar-refractivity contribution in [2.45, 2.75) is 56.9 Å². The lowest BCUT2D eigenvalue weighted by atomic mass is 9.79. The number of carbonyl (C=O) groups is 4. The molecule has 248 valence electrons. The molecule has 0 unspecified atom stereocenters. The van der Waals surface area contributed by atoms with E-state index in [1.807, 2.05) is 0 Å². The summed E-state index contributed by atoms with van der Waals surface area (Å²) in [7, 11) is 0. The van der Waals surface area contributed by atoms with Crippen LogP contribution < -0.4 is 0 Å². The number of rotatable bonds is 11. The summed E-state index contributed by atoms with van der Waals surface area (Å²) < 4.78 is 10.8. The highest BCUT2D eigenvalue weighted by atomic mass is 32.2. The van der Waals surface area contributed by atoms with Crippen LogP contribution in [-0.4, -0.2) is 83.8 Å². The summed E-state index contributed by atoms with van der Waals surface area (Å²) in [6.07, 6.45) is -1.88. The Labute approximate surface area is 271 Å². The second-order valence-electron chi connectivity index (χ2n) is 11.4. The van der Waals surface area contributed by atoms with Crippen molar-refractivity contribution in [2.75, 3.05) is 6.54 Å². The second kappa shape index (κ2) is 13.4. The summed E-state index contributed by atoms with van der Waals surface area (Å²) in [5.41, 5.74) is 0.639. The minimum atomic E-state index is -1.26. The van der Waals surface area contributed by atoms with E-state index < -0.39 is 69.1 Å². The van der Waals surface area contributed by atoms with Gasteiger partial charge in [0.2, 0.25) is 5.91 Å². The molecule has 0 aromatic heterocycles. The van der Waals surface area contributed by atoms with Gasteiger partial charge in [0, 0.05) is 46.9 Å². The van der Waals surface area contributed by atoms with Crippen LogP contribution in [0.15, 0.2) is 59.1 Å². The van der Waals surface area contributed by atoms with Crippen LogP contribution in [0, 0.1) is 32.1 Å². The maximum Gasteiger partial charge on any atom is 0.410 e. The fourth-order valence-electron chi connectivity index (χ4n) is 6.04. The van der Waals surface area contributed by atoms with Crippen molar-refractivity contribution in [1.82, 2.24) is 9.80 Å². The molecule has 0 saturated carbocycles. The molecular formula is C30H30N4O12S. The third kappa shape index (κ3) is 6.62. The topological polar surface area (TPSA) is 220 Å². The minimum absolute atomic E-state index is 0.00637. The Morgan fingerprint density at radius 2 is 1.51 bits per heavy atom.